The Morgan fingerprint density at radius 1 is 1.27 bits per heavy atom. The molecule has 0 amide bonds. The Hall–Kier alpha value is -2.87. The van der Waals surface area contributed by atoms with E-state index in [0.29, 0.717) is 28.4 Å². The van der Waals surface area contributed by atoms with Crippen molar-refractivity contribution < 1.29 is 4.79 Å². The van der Waals surface area contributed by atoms with Crippen LogP contribution in [-0.2, 0) is 13.6 Å². The summed E-state index contributed by atoms with van der Waals surface area (Å²) in [7, 11) is 1.55. The van der Waals surface area contributed by atoms with E-state index < -0.39 is 11.2 Å². The number of allylic oxidation sites excluding steroid dienone is 2. The van der Waals surface area contributed by atoms with Crippen LogP contribution in [0.25, 0.3) is 11.2 Å². The molecular weight excluding hydrogens is 352 g/mol. The van der Waals surface area contributed by atoms with Crippen molar-refractivity contribution in [3.63, 3.8) is 0 Å². The summed E-state index contributed by atoms with van der Waals surface area (Å²) in [5.41, 5.74) is 0.246. The quantitative estimate of drug-likeness (QED) is 0.407. The van der Waals surface area contributed by atoms with Crippen molar-refractivity contribution in [2.75, 3.05) is 5.75 Å². The van der Waals surface area contributed by atoms with E-state index in [1.54, 1.807) is 23.7 Å². The molecule has 2 heterocycles. The van der Waals surface area contributed by atoms with Gasteiger partial charge in [0.1, 0.15) is 0 Å². The summed E-state index contributed by atoms with van der Waals surface area (Å²) < 4.78 is 3.02. The number of aromatic amines is 1. The van der Waals surface area contributed by atoms with Crippen molar-refractivity contribution in [3.05, 3.63) is 68.9 Å². The molecule has 134 valence electrons. The van der Waals surface area contributed by atoms with Crippen LogP contribution >= 0.6 is 11.8 Å². The maximum Gasteiger partial charge on any atom is 0.329 e. The minimum absolute atomic E-state index is 0.0250. The molecule has 1 N–H and O–H groups in total. The lowest BCUT2D eigenvalue weighted by Gasteiger charge is -2.05. The number of hydrogen-bond acceptors (Lipinski definition) is 5. The number of imidazole rings is 1. The highest BCUT2D eigenvalue weighted by atomic mass is 32.2. The van der Waals surface area contributed by atoms with E-state index in [0.717, 1.165) is 0 Å². The van der Waals surface area contributed by atoms with Crippen LogP contribution in [0.4, 0.5) is 0 Å². The number of benzene rings is 1. The summed E-state index contributed by atoms with van der Waals surface area (Å²) in [4.78, 5) is 43.2. The highest BCUT2D eigenvalue weighted by molar-refractivity contribution is 7.99. The molecule has 1 aromatic carbocycles. The van der Waals surface area contributed by atoms with E-state index in [-0.39, 0.29) is 11.5 Å². The number of hydrogen-bond donors (Lipinski definition) is 1. The second-order valence-electron chi connectivity index (χ2n) is 5.64. The summed E-state index contributed by atoms with van der Waals surface area (Å²) in [5.74, 6) is 0.165. The van der Waals surface area contributed by atoms with Gasteiger partial charge in [-0.15, -0.1) is 0 Å². The lowest BCUT2D eigenvalue weighted by Crippen LogP contribution is -2.29. The molecule has 0 spiro atoms. The van der Waals surface area contributed by atoms with E-state index in [9.17, 15) is 14.4 Å². The van der Waals surface area contributed by atoms with Crippen LogP contribution in [0, 0.1) is 0 Å². The van der Waals surface area contributed by atoms with Gasteiger partial charge < -0.3 is 4.57 Å². The molecule has 0 saturated carbocycles. The Morgan fingerprint density at radius 3 is 2.69 bits per heavy atom. The molecule has 0 aliphatic rings. The molecule has 8 heteroatoms. The topological polar surface area (TPSA) is 89.8 Å². The molecule has 0 fully saturated rings. The third-order valence-corrected chi connectivity index (χ3v) is 4.90. The SMILES string of the molecule is C/C=C/Cn1c(SCC(=O)c2ccccc2)nc2c1c(=O)[nH]c(=O)n2C. The molecule has 0 radical (unpaired) electrons. The number of thioether (sulfide) groups is 1. The highest BCUT2D eigenvalue weighted by Crippen LogP contribution is 2.22. The number of nitrogens with one attached hydrogen (secondary N) is 1. The van der Waals surface area contributed by atoms with Crippen molar-refractivity contribution in [3.8, 4) is 0 Å². The number of aromatic nitrogens is 4. The van der Waals surface area contributed by atoms with Gasteiger partial charge in [0.25, 0.3) is 5.56 Å². The molecule has 0 saturated heterocycles. The maximum atomic E-state index is 12.4. The van der Waals surface area contributed by atoms with Gasteiger partial charge in [0.15, 0.2) is 22.1 Å². The second-order valence-corrected chi connectivity index (χ2v) is 6.58. The number of ketones is 1. The number of H-pyrrole nitrogens is 1. The highest BCUT2D eigenvalue weighted by Gasteiger charge is 2.18. The van der Waals surface area contributed by atoms with E-state index in [1.165, 1.54) is 16.3 Å². The van der Waals surface area contributed by atoms with Crippen molar-refractivity contribution in [1.29, 1.82) is 0 Å². The van der Waals surface area contributed by atoms with Gasteiger partial charge in [-0.05, 0) is 6.92 Å². The third kappa shape index (κ3) is 3.41. The number of rotatable bonds is 6. The van der Waals surface area contributed by atoms with E-state index in [4.69, 9.17) is 0 Å². The van der Waals surface area contributed by atoms with Crippen LogP contribution in [0.5, 0.6) is 0 Å². The zero-order valence-corrected chi connectivity index (χ0v) is 15.2. The van der Waals surface area contributed by atoms with Gasteiger partial charge in [-0.3, -0.25) is 19.1 Å². The van der Waals surface area contributed by atoms with E-state index in [2.05, 4.69) is 9.97 Å². The summed E-state index contributed by atoms with van der Waals surface area (Å²) in [5, 5.41) is 0.522. The fourth-order valence-corrected chi connectivity index (χ4v) is 3.44. The van der Waals surface area contributed by atoms with Gasteiger partial charge in [0.05, 0.1) is 5.75 Å². The van der Waals surface area contributed by atoms with Gasteiger partial charge >= 0.3 is 5.69 Å². The lowest BCUT2D eigenvalue weighted by atomic mass is 10.2. The van der Waals surface area contributed by atoms with Crippen LogP contribution in [0.15, 0.2) is 57.2 Å². The van der Waals surface area contributed by atoms with Crippen LogP contribution in [0.2, 0.25) is 0 Å². The smallest absolute Gasteiger partial charge is 0.309 e. The normalized spacial score (nSPS) is 11.5. The molecule has 2 aromatic heterocycles. The monoisotopic (exact) mass is 370 g/mol. The second kappa shape index (κ2) is 7.57. The first-order chi connectivity index (χ1) is 12.5. The zero-order chi connectivity index (χ0) is 18.7. The number of fused-ring (bicyclic) bond motifs is 1. The number of nitrogens with zero attached hydrogens (tertiary/aromatic N) is 3. The average Bonchev–Trinajstić information content (AvgIpc) is 3.02. The van der Waals surface area contributed by atoms with Crippen LogP contribution in [0.1, 0.15) is 17.3 Å². The Balaban J connectivity index is 2.00. The molecule has 7 nitrogen and oxygen atoms in total. The Kier molecular flexibility index (Phi) is 5.22. The first kappa shape index (κ1) is 17.9. The van der Waals surface area contributed by atoms with Gasteiger partial charge in [-0.25, -0.2) is 9.78 Å². The molecule has 0 bridgehead atoms. The number of carbonyl (C=O) groups is 1. The predicted molar refractivity (Wildman–Crippen MR) is 102 cm³/mol. The summed E-state index contributed by atoms with van der Waals surface area (Å²) in [6.45, 7) is 2.31. The first-order valence-electron chi connectivity index (χ1n) is 8.04. The van der Waals surface area contributed by atoms with Crippen LogP contribution in [-0.4, -0.2) is 30.6 Å². The largest absolute Gasteiger partial charge is 0.329 e. The Morgan fingerprint density at radius 2 is 2.00 bits per heavy atom. The van der Waals surface area contributed by atoms with Crippen molar-refractivity contribution >= 4 is 28.7 Å². The van der Waals surface area contributed by atoms with Gasteiger partial charge in [-0.1, -0.05) is 54.2 Å². The third-order valence-electron chi connectivity index (χ3n) is 3.92. The van der Waals surface area contributed by atoms with E-state index >= 15 is 0 Å². The van der Waals surface area contributed by atoms with Crippen molar-refractivity contribution in [1.82, 2.24) is 19.1 Å². The van der Waals surface area contributed by atoms with Gasteiger partial charge in [0.2, 0.25) is 0 Å². The average molecular weight is 370 g/mol. The molecule has 0 aliphatic carbocycles. The molecule has 3 aromatic rings. The minimum atomic E-state index is -0.518. The number of aryl methyl sites for hydroxylation is 1. The first-order valence-corrected chi connectivity index (χ1v) is 9.03. The molecule has 0 aliphatic heterocycles. The minimum Gasteiger partial charge on any atom is -0.309 e. The summed E-state index contributed by atoms with van der Waals surface area (Å²) in [6.07, 6.45) is 3.75. The summed E-state index contributed by atoms with van der Waals surface area (Å²) in [6, 6.07) is 9.01. The Bertz CT molecular complexity index is 1090. The molecular formula is C18H18N4O3S. The molecule has 3 rings (SSSR count). The van der Waals surface area contributed by atoms with E-state index in [1.807, 2.05) is 37.3 Å². The number of Topliss-reactive ketones (excluding diaryl/α,β-unsaturated/α-hetero) is 1. The fourth-order valence-electron chi connectivity index (χ4n) is 2.54. The van der Waals surface area contributed by atoms with Crippen molar-refractivity contribution in [2.45, 2.75) is 18.6 Å². The number of carbonyl (C=O) groups excluding carboxylic acids is 1. The zero-order valence-electron chi connectivity index (χ0n) is 14.4. The van der Waals surface area contributed by atoms with Crippen LogP contribution < -0.4 is 11.2 Å². The Labute approximate surface area is 153 Å². The van der Waals surface area contributed by atoms with Crippen LogP contribution in [0.3, 0.4) is 0 Å². The van der Waals surface area contributed by atoms with Crippen molar-refractivity contribution in [2.24, 2.45) is 7.05 Å². The molecule has 0 atom stereocenters. The van der Waals surface area contributed by atoms with Gasteiger partial charge in [0, 0.05) is 19.2 Å². The summed E-state index contributed by atoms with van der Waals surface area (Å²) >= 11 is 1.25. The maximum absolute atomic E-state index is 12.4. The molecule has 0 unspecified atom stereocenters. The lowest BCUT2D eigenvalue weighted by molar-refractivity contribution is 0.102. The fraction of sp³-hybridized carbons (Fsp3) is 0.222. The van der Waals surface area contributed by atoms with Gasteiger partial charge in [-0.2, -0.15) is 0 Å². The predicted octanol–water partition coefficient (Wildman–Crippen LogP) is 1.97. The molecule has 26 heavy (non-hydrogen) atoms. The standard InChI is InChI=1S/C18H18N4O3S/c1-3-4-10-22-14-15(21(2)17(25)20-16(14)24)19-18(22)26-11-13(23)12-8-6-5-7-9-12/h3-9H,10-11H2,1-2H3,(H,20,24,25)/b4-3+.